The first-order valence-corrected chi connectivity index (χ1v) is 7.00. The lowest BCUT2D eigenvalue weighted by Crippen LogP contribution is -2.50. The van der Waals surface area contributed by atoms with Crippen LogP contribution in [0.5, 0.6) is 0 Å². The van der Waals surface area contributed by atoms with Crippen LogP contribution in [-0.4, -0.2) is 59.8 Å². The van der Waals surface area contributed by atoms with E-state index >= 15 is 0 Å². The van der Waals surface area contributed by atoms with Crippen molar-refractivity contribution >= 4 is 15.9 Å². The highest BCUT2D eigenvalue weighted by atomic mass is 32.2. The number of hydrogen-bond acceptors (Lipinski definition) is 6. The maximum Gasteiger partial charge on any atom is 0.246 e. The Morgan fingerprint density at radius 1 is 1.74 bits per heavy atom. The molecular formula is C9H15N5O4S. The van der Waals surface area contributed by atoms with Gasteiger partial charge in [-0.25, -0.2) is 8.42 Å². The second-order valence-electron chi connectivity index (χ2n) is 4.11. The highest BCUT2D eigenvalue weighted by Crippen LogP contribution is 2.20. The number of morpholine rings is 1. The minimum absolute atomic E-state index is 0.00282. The van der Waals surface area contributed by atoms with Crippen LogP contribution in [0.15, 0.2) is 16.2 Å². The molecule has 2 rings (SSSR count). The van der Waals surface area contributed by atoms with Crippen molar-refractivity contribution in [1.82, 2.24) is 14.5 Å². The number of aromatic nitrogens is 2. The molecule has 1 aliphatic heterocycles. The summed E-state index contributed by atoms with van der Waals surface area (Å²) in [7, 11) is -3.66. The van der Waals surface area contributed by atoms with E-state index in [4.69, 9.17) is 15.7 Å². The Morgan fingerprint density at radius 3 is 3.05 bits per heavy atom. The Bertz CT molecular complexity index is 581. The van der Waals surface area contributed by atoms with Gasteiger partial charge in [-0.3, -0.25) is 5.10 Å². The van der Waals surface area contributed by atoms with E-state index in [0.717, 1.165) is 0 Å². The fourth-order valence-electron chi connectivity index (χ4n) is 1.83. The van der Waals surface area contributed by atoms with Gasteiger partial charge in [0.15, 0.2) is 5.84 Å². The van der Waals surface area contributed by atoms with Crippen LogP contribution in [0.2, 0.25) is 0 Å². The molecular weight excluding hydrogens is 274 g/mol. The first-order valence-electron chi connectivity index (χ1n) is 5.56. The molecule has 19 heavy (non-hydrogen) atoms. The molecule has 1 aromatic heterocycles. The zero-order valence-corrected chi connectivity index (χ0v) is 11.1. The van der Waals surface area contributed by atoms with Crippen molar-refractivity contribution in [3.63, 3.8) is 0 Å². The molecule has 0 spiro atoms. The Morgan fingerprint density at radius 2 is 2.47 bits per heavy atom. The largest absolute Gasteiger partial charge is 0.409 e. The third-order valence-corrected chi connectivity index (χ3v) is 4.85. The quantitative estimate of drug-likeness (QED) is 0.278. The fraction of sp³-hybridized carbons (Fsp3) is 0.556. The first kappa shape index (κ1) is 13.8. The van der Waals surface area contributed by atoms with Gasteiger partial charge in [0.05, 0.1) is 18.5 Å². The number of aryl methyl sites for hydroxylation is 1. The van der Waals surface area contributed by atoms with Crippen molar-refractivity contribution in [2.75, 3.05) is 19.7 Å². The van der Waals surface area contributed by atoms with Gasteiger partial charge in [-0.05, 0) is 6.92 Å². The monoisotopic (exact) mass is 289 g/mol. The fourth-order valence-corrected chi connectivity index (χ4v) is 3.37. The first-order chi connectivity index (χ1) is 8.96. The van der Waals surface area contributed by atoms with E-state index in [1.165, 1.54) is 10.5 Å². The van der Waals surface area contributed by atoms with Crippen LogP contribution in [0.3, 0.4) is 0 Å². The number of nitrogens with one attached hydrogen (secondary N) is 1. The van der Waals surface area contributed by atoms with Crippen molar-refractivity contribution in [3.8, 4) is 0 Å². The number of hydrogen-bond donors (Lipinski definition) is 3. The number of rotatable bonds is 3. The van der Waals surface area contributed by atoms with Gasteiger partial charge < -0.3 is 15.7 Å². The lowest BCUT2D eigenvalue weighted by atomic mass is 10.3. The van der Waals surface area contributed by atoms with Crippen LogP contribution >= 0.6 is 0 Å². The summed E-state index contributed by atoms with van der Waals surface area (Å²) in [6.07, 6.45) is 0.513. The molecule has 0 aromatic carbocycles. The van der Waals surface area contributed by atoms with Gasteiger partial charge in [0.25, 0.3) is 0 Å². The summed E-state index contributed by atoms with van der Waals surface area (Å²) >= 11 is 0. The van der Waals surface area contributed by atoms with Crippen molar-refractivity contribution < 1.29 is 18.4 Å². The Hall–Kier alpha value is -1.65. The molecule has 106 valence electrons. The molecule has 1 aromatic rings. The number of oxime groups is 1. The second-order valence-corrected chi connectivity index (χ2v) is 6.01. The second kappa shape index (κ2) is 5.15. The molecule has 0 bridgehead atoms. The topological polar surface area (TPSA) is 134 Å². The third-order valence-electron chi connectivity index (χ3n) is 2.88. The molecule has 10 heteroatoms. The maximum absolute atomic E-state index is 12.4. The summed E-state index contributed by atoms with van der Waals surface area (Å²) in [5, 5.41) is 17.7. The van der Waals surface area contributed by atoms with Crippen molar-refractivity contribution in [2.24, 2.45) is 10.9 Å². The maximum atomic E-state index is 12.4. The lowest BCUT2D eigenvalue weighted by molar-refractivity contribution is 0.0355. The van der Waals surface area contributed by atoms with Crippen LogP contribution in [0.4, 0.5) is 0 Å². The predicted molar refractivity (Wildman–Crippen MR) is 65.2 cm³/mol. The Balaban J connectivity index is 2.25. The molecule has 0 saturated carbocycles. The van der Waals surface area contributed by atoms with Gasteiger partial charge in [-0.15, -0.1) is 0 Å². The van der Waals surface area contributed by atoms with Crippen LogP contribution < -0.4 is 5.73 Å². The zero-order chi connectivity index (χ0) is 14.0. The van der Waals surface area contributed by atoms with Crippen LogP contribution in [0, 0.1) is 6.92 Å². The van der Waals surface area contributed by atoms with E-state index in [-0.39, 0.29) is 30.4 Å². The number of nitrogens with two attached hydrogens (primary N) is 1. The average Bonchev–Trinajstić information content (AvgIpc) is 2.85. The highest BCUT2D eigenvalue weighted by molar-refractivity contribution is 7.89. The minimum Gasteiger partial charge on any atom is -0.409 e. The normalized spacial score (nSPS) is 22.6. The zero-order valence-electron chi connectivity index (χ0n) is 10.3. The van der Waals surface area contributed by atoms with Gasteiger partial charge >= 0.3 is 0 Å². The van der Waals surface area contributed by atoms with Crippen molar-refractivity contribution in [1.29, 1.82) is 0 Å². The average molecular weight is 289 g/mol. The summed E-state index contributed by atoms with van der Waals surface area (Å²) in [6, 6.07) is 0. The summed E-state index contributed by atoms with van der Waals surface area (Å²) in [5.74, 6) is -0.149. The van der Waals surface area contributed by atoms with E-state index in [9.17, 15) is 8.42 Å². The van der Waals surface area contributed by atoms with Crippen molar-refractivity contribution in [2.45, 2.75) is 17.9 Å². The Labute approximate surface area is 110 Å². The number of sulfonamides is 1. The van der Waals surface area contributed by atoms with Crippen LogP contribution in [0.25, 0.3) is 0 Å². The summed E-state index contributed by atoms with van der Waals surface area (Å²) < 4.78 is 31.3. The number of amidine groups is 1. The smallest absolute Gasteiger partial charge is 0.246 e. The molecule has 1 aliphatic rings. The molecule has 1 atom stereocenters. The van der Waals surface area contributed by atoms with Gasteiger partial charge in [0.1, 0.15) is 11.0 Å². The SMILES string of the molecule is Cc1[nH]ncc1S(=O)(=O)N1CCOC(C(N)=NO)C1. The minimum atomic E-state index is -3.66. The number of aromatic amines is 1. The lowest BCUT2D eigenvalue weighted by Gasteiger charge is -2.31. The van der Waals surface area contributed by atoms with E-state index in [2.05, 4.69) is 15.4 Å². The van der Waals surface area contributed by atoms with Crippen LogP contribution in [0.1, 0.15) is 5.69 Å². The summed E-state index contributed by atoms with van der Waals surface area (Å²) in [4.78, 5) is 0.118. The van der Waals surface area contributed by atoms with Gasteiger partial charge in [0, 0.05) is 13.1 Å². The van der Waals surface area contributed by atoms with Gasteiger partial charge in [0.2, 0.25) is 10.0 Å². The van der Waals surface area contributed by atoms with Crippen molar-refractivity contribution in [3.05, 3.63) is 11.9 Å². The standard InChI is InChI=1S/C9H15N5O4S/c1-6-8(4-11-12-6)19(16,17)14-2-3-18-7(5-14)9(10)13-15/h4,7,15H,2-3,5H2,1H3,(H2,10,13)(H,11,12). The molecule has 1 fully saturated rings. The molecule has 1 saturated heterocycles. The highest BCUT2D eigenvalue weighted by Gasteiger charge is 2.34. The molecule has 0 aliphatic carbocycles. The predicted octanol–water partition coefficient (Wildman–Crippen LogP) is -1.15. The van der Waals surface area contributed by atoms with E-state index in [1.807, 2.05) is 0 Å². The van der Waals surface area contributed by atoms with E-state index < -0.39 is 16.1 Å². The van der Waals surface area contributed by atoms with Gasteiger partial charge in [-0.2, -0.15) is 9.40 Å². The molecule has 9 nitrogen and oxygen atoms in total. The summed E-state index contributed by atoms with van der Waals surface area (Å²) in [5.41, 5.74) is 5.90. The van der Waals surface area contributed by atoms with E-state index in [0.29, 0.717) is 5.69 Å². The molecule has 2 heterocycles. The van der Waals surface area contributed by atoms with Gasteiger partial charge in [-0.1, -0.05) is 5.16 Å². The van der Waals surface area contributed by atoms with Crippen LogP contribution in [-0.2, 0) is 14.8 Å². The molecule has 1 unspecified atom stereocenters. The molecule has 0 radical (unpaired) electrons. The van der Waals surface area contributed by atoms with E-state index in [1.54, 1.807) is 6.92 Å². The Kier molecular flexibility index (Phi) is 3.73. The number of ether oxygens (including phenoxy) is 1. The third kappa shape index (κ3) is 2.55. The number of H-pyrrole nitrogens is 1. The molecule has 4 N–H and O–H groups in total. The molecule has 0 amide bonds. The number of nitrogens with zero attached hydrogens (tertiary/aromatic N) is 3. The summed E-state index contributed by atoms with van der Waals surface area (Å²) in [6.45, 7) is 2.02.